The molecule has 156 valence electrons. The minimum absolute atomic E-state index is 0. The highest BCUT2D eigenvalue weighted by Crippen LogP contribution is 2.29. The standard InChI is InChI=1S/C19H33N5O.2ClH/c1-19(2,3)5-6-23-7-9-24(10-8-23)18(25)17-13-20-12-16(17)15-11-21-22(4)14-15;;/h11,14,16-17,20H,5-10,12-13H2,1-4H3;2*1H/t16-,17+;;/m1../s1. The van der Waals surface area contributed by atoms with Crippen molar-refractivity contribution in [3.63, 3.8) is 0 Å². The van der Waals surface area contributed by atoms with E-state index in [1.54, 1.807) is 0 Å². The van der Waals surface area contributed by atoms with Gasteiger partial charge < -0.3 is 10.2 Å². The maximum absolute atomic E-state index is 13.1. The minimum atomic E-state index is 0. The van der Waals surface area contributed by atoms with Crippen molar-refractivity contribution in [1.82, 2.24) is 24.9 Å². The molecule has 3 heterocycles. The number of carbonyl (C=O) groups is 1. The summed E-state index contributed by atoms with van der Waals surface area (Å²) in [5.41, 5.74) is 1.55. The normalized spacial score (nSPS) is 23.6. The van der Waals surface area contributed by atoms with Crippen molar-refractivity contribution < 1.29 is 4.79 Å². The van der Waals surface area contributed by atoms with Crippen LogP contribution >= 0.6 is 24.8 Å². The van der Waals surface area contributed by atoms with Crippen LogP contribution in [0.5, 0.6) is 0 Å². The van der Waals surface area contributed by atoms with E-state index in [1.165, 1.54) is 12.0 Å². The average Bonchev–Trinajstić information content (AvgIpc) is 3.20. The lowest BCUT2D eigenvalue weighted by molar-refractivity contribution is -0.137. The lowest BCUT2D eigenvalue weighted by Crippen LogP contribution is -2.51. The molecule has 0 aliphatic carbocycles. The van der Waals surface area contributed by atoms with Gasteiger partial charge >= 0.3 is 0 Å². The Morgan fingerprint density at radius 2 is 1.85 bits per heavy atom. The molecule has 0 unspecified atom stereocenters. The molecular formula is C19H35Cl2N5O. The number of piperazine rings is 1. The Kier molecular flexibility index (Phi) is 9.06. The molecule has 8 heteroatoms. The van der Waals surface area contributed by atoms with Crippen molar-refractivity contribution in [3.8, 4) is 0 Å². The summed E-state index contributed by atoms with van der Waals surface area (Å²) >= 11 is 0. The molecule has 1 aromatic rings. The van der Waals surface area contributed by atoms with Gasteiger partial charge in [0, 0.05) is 58.4 Å². The summed E-state index contributed by atoms with van der Waals surface area (Å²) in [6, 6.07) is 0. The first-order valence-electron chi connectivity index (χ1n) is 9.54. The van der Waals surface area contributed by atoms with Crippen molar-refractivity contribution in [2.45, 2.75) is 33.1 Å². The zero-order valence-electron chi connectivity index (χ0n) is 17.0. The van der Waals surface area contributed by atoms with E-state index in [0.29, 0.717) is 11.3 Å². The second-order valence-corrected chi connectivity index (χ2v) is 8.80. The Morgan fingerprint density at radius 3 is 2.41 bits per heavy atom. The second kappa shape index (κ2) is 10.1. The van der Waals surface area contributed by atoms with Crippen molar-refractivity contribution in [3.05, 3.63) is 18.0 Å². The van der Waals surface area contributed by atoms with Crippen LogP contribution in [0.15, 0.2) is 12.4 Å². The molecule has 0 bridgehead atoms. The molecule has 0 aromatic carbocycles. The quantitative estimate of drug-likeness (QED) is 0.811. The third-order valence-corrected chi connectivity index (χ3v) is 5.55. The van der Waals surface area contributed by atoms with E-state index in [4.69, 9.17) is 0 Å². The third kappa shape index (κ3) is 6.34. The molecule has 0 saturated carbocycles. The van der Waals surface area contributed by atoms with Gasteiger partial charge in [-0.15, -0.1) is 24.8 Å². The fourth-order valence-corrected chi connectivity index (χ4v) is 3.84. The number of amides is 1. The minimum Gasteiger partial charge on any atom is -0.340 e. The lowest BCUT2D eigenvalue weighted by Gasteiger charge is -2.37. The summed E-state index contributed by atoms with van der Waals surface area (Å²) in [5.74, 6) is 0.611. The number of carbonyl (C=O) groups excluding carboxylic acids is 1. The Labute approximate surface area is 175 Å². The zero-order chi connectivity index (χ0) is 18.0. The van der Waals surface area contributed by atoms with Gasteiger partial charge in [-0.05, 0) is 23.9 Å². The topological polar surface area (TPSA) is 53.4 Å². The summed E-state index contributed by atoms with van der Waals surface area (Å²) < 4.78 is 1.82. The molecule has 2 saturated heterocycles. The van der Waals surface area contributed by atoms with Gasteiger partial charge in [0.15, 0.2) is 0 Å². The van der Waals surface area contributed by atoms with Crippen LogP contribution in [0.1, 0.15) is 38.7 Å². The number of aryl methyl sites for hydroxylation is 1. The SMILES string of the molecule is Cl.Cl.Cn1cc([C@H]2CNC[C@@H]2C(=O)N2CCN(CCC(C)(C)C)CC2)cn1. The van der Waals surface area contributed by atoms with Gasteiger partial charge in [-0.2, -0.15) is 5.10 Å². The number of hydrogen-bond acceptors (Lipinski definition) is 4. The van der Waals surface area contributed by atoms with Crippen molar-refractivity contribution in [2.24, 2.45) is 18.4 Å². The number of rotatable bonds is 4. The number of hydrogen-bond donors (Lipinski definition) is 1. The van der Waals surface area contributed by atoms with E-state index >= 15 is 0 Å². The summed E-state index contributed by atoms with van der Waals surface area (Å²) in [6.07, 6.45) is 5.15. The Bertz CT molecular complexity index is 593. The van der Waals surface area contributed by atoms with Crippen LogP contribution in [-0.2, 0) is 11.8 Å². The van der Waals surface area contributed by atoms with E-state index in [0.717, 1.165) is 45.8 Å². The van der Waals surface area contributed by atoms with Gasteiger partial charge in [0.2, 0.25) is 5.91 Å². The predicted molar refractivity (Wildman–Crippen MR) is 114 cm³/mol. The highest BCUT2D eigenvalue weighted by atomic mass is 35.5. The molecule has 2 fully saturated rings. The molecule has 3 rings (SSSR count). The number of nitrogens with one attached hydrogen (secondary N) is 1. The number of halogens is 2. The molecule has 1 N–H and O–H groups in total. The molecular weight excluding hydrogens is 385 g/mol. The van der Waals surface area contributed by atoms with E-state index < -0.39 is 0 Å². The molecule has 1 aromatic heterocycles. The smallest absolute Gasteiger partial charge is 0.227 e. The Hall–Kier alpha value is -0.820. The monoisotopic (exact) mass is 419 g/mol. The summed E-state index contributed by atoms with van der Waals surface area (Å²) in [4.78, 5) is 17.6. The van der Waals surface area contributed by atoms with Gasteiger partial charge in [-0.25, -0.2) is 0 Å². The largest absolute Gasteiger partial charge is 0.340 e. The van der Waals surface area contributed by atoms with Crippen LogP contribution in [0.2, 0.25) is 0 Å². The zero-order valence-corrected chi connectivity index (χ0v) is 18.6. The van der Waals surface area contributed by atoms with Gasteiger partial charge in [0.05, 0.1) is 12.1 Å². The van der Waals surface area contributed by atoms with E-state index in [9.17, 15) is 4.79 Å². The lowest BCUT2D eigenvalue weighted by atomic mass is 9.89. The fraction of sp³-hybridized carbons (Fsp3) is 0.789. The predicted octanol–water partition coefficient (Wildman–Crippen LogP) is 2.15. The Morgan fingerprint density at radius 1 is 1.19 bits per heavy atom. The van der Waals surface area contributed by atoms with Crippen molar-refractivity contribution in [2.75, 3.05) is 45.8 Å². The first-order valence-corrected chi connectivity index (χ1v) is 9.54. The fourth-order valence-electron chi connectivity index (χ4n) is 3.84. The van der Waals surface area contributed by atoms with Gasteiger partial charge in [0.1, 0.15) is 0 Å². The molecule has 0 spiro atoms. The van der Waals surface area contributed by atoms with Gasteiger partial charge in [-0.1, -0.05) is 20.8 Å². The van der Waals surface area contributed by atoms with E-state index in [1.807, 2.05) is 24.1 Å². The molecule has 0 radical (unpaired) electrons. The van der Waals surface area contributed by atoms with Crippen LogP contribution in [0, 0.1) is 11.3 Å². The molecule has 2 aliphatic heterocycles. The van der Waals surface area contributed by atoms with Crippen LogP contribution < -0.4 is 5.32 Å². The number of aromatic nitrogens is 2. The maximum atomic E-state index is 13.1. The first kappa shape index (κ1) is 24.2. The average molecular weight is 420 g/mol. The van der Waals surface area contributed by atoms with Gasteiger partial charge in [-0.3, -0.25) is 14.4 Å². The first-order chi connectivity index (χ1) is 11.8. The highest BCUT2D eigenvalue weighted by molar-refractivity contribution is 5.85. The molecule has 2 atom stereocenters. The molecule has 27 heavy (non-hydrogen) atoms. The van der Waals surface area contributed by atoms with E-state index in [-0.39, 0.29) is 36.6 Å². The molecule has 2 aliphatic rings. The molecule has 1 amide bonds. The summed E-state index contributed by atoms with van der Waals surface area (Å²) in [5, 5.41) is 7.68. The van der Waals surface area contributed by atoms with Crippen LogP contribution in [0.3, 0.4) is 0 Å². The number of nitrogens with zero attached hydrogens (tertiary/aromatic N) is 4. The van der Waals surface area contributed by atoms with Crippen molar-refractivity contribution in [1.29, 1.82) is 0 Å². The van der Waals surface area contributed by atoms with Crippen LogP contribution in [0.4, 0.5) is 0 Å². The van der Waals surface area contributed by atoms with Gasteiger partial charge in [0.25, 0.3) is 0 Å². The summed E-state index contributed by atoms with van der Waals surface area (Å²) in [7, 11) is 1.93. The molecule has 6 nitrogen and oxygen atoms in total. The van der Waals surface area contributed by atoms with Crippen LogP contribution in [-0.4, -0.2) is 71.3 Å². The van der Waals surface area contributed by atoms with Crippen LogP contribution in [0.25, 0.3) is 0 Å². The Balaban J connectivity index is 0.00000182. The van der Waals surface area contributed by atoms with E-state index in [2.05, 4.69) is 41.0 Å². The third-order valence-electron chi connectivity index (χ3n) is 5.55. The second-order valence-electron chi connectivity index (χ2n) is 8.80. The summed E-state index contributed by atoms with van der Waals surface area (Å²) in [6.45, 7) is 13.4. The van der Waals surface area contributed by atoms with Crippen molar-refractivity contribution >= 4 is 30.7 Å². The highest BCUT2D eigenvalue weighted by Gasteiger charge is 2.37. The maximum Gasteiger partial charge on any atom is 0.227 e.